The summed E-state index contributed by atoms with van der Waals surface area (Å²) in [4.78, 5) is 18.4. The monoisotopic (exact) mass is 509 g/mol. The minimum absolute atomic E-state index is 0.390. The van der Waals surface area contributed by atoms with E-state index in [1.54, 1.807) is 31.4 Å². The zero-order valence-electron chi connectivity index (χ0n) is 21.3. The van der Waals surface area contributed by atoms with Crippen LogP contribution in [0.25, 0.3) is 10.6 Å². The molecule has 0 unspecified atom stereocenters. The summed E-state index contributed by atoms with van der Waals surface area (Å²) in [6.45, 7) is 3.24. The van der Waals surface area contributed by atoms with E-state index in [1.165, 1.54) is 23.5 Å². The van der Waals surface area contributed by atoms with Crippen molar-refractivity contribution in [2.45, 2.75) is 56.6 Å². The first-order chi connectivity index (χ1) is 17.4. The molecule has 24 radical (unpaired) electrons. The molecule has 168 valence electrons. The molecule has 1 N–H and O–H groups in total. The van der Waals surface area contributed by atoms with E-state index in [9.17, 15) is 9.18 Å². The molecule has 4 heterocycles. The third-order valence-corrected chi connectivity index (χ3v) is 8.72. The maximum absolute atomic E-state index is 13.3. The van der Waals surface area contributed by atoms with Crippen molar-refractivity contribution in [3.63, 3.8) is 0 Å². The number of halogens is 1. The number of benzene rings is 1. The van der Waals surface area contributed by atoms with Crippen LogP contribution in [0.2, 0.25) is 15.7 Å². The Morgan fingerprint density at radius 3 is 1.87 bits per heavy atom. The van der Waals surface area contributed by atoms with Gasteiger partial charge in [0.2, 0.25) is 0 Å². The van der Waals surface area contributed by atoms with E-state index >= 15 is 0 Å². The lowest BCUT2D eigenvalue weighted by atomic mass is 9.01. The van der Waals surface area contributed by atoms with Gasteiger partial charge in [-0.3, -0.25) is 0 Å². The first-order valence-corrected chi connectivity index (χ1v) is 12.3. The number of nitrogens with zero attached hydrogens (tertiary/aromatic N) is 2. The van der Waals surface area contributed by atoms with E-state index in [0.717, 1.165) is 0 Å². The zero-order valence-corrected chi connectivity index (χ0v) is 22.1. The Morgan fingerprint density at radius 1 is 0.897 bits per heavy atom. The van der Waals surface area contributed by atoms with Crippen molar-refractivity contribution in [2.24, 2.45) is 0 Å². The van der Waals surface area contributed by atoms with Gasteiger partial charge in [-0.05, 0) is 43.5 Å². The Kier molecular flexibility index (Phi) is 6.82. The maximum atomic E-state index is 13.3. The zero-order chi connectivity index (χ0) is 29.8. The second-order valence-electron chi connectivity index (χ2n) is 10.8. The number of alkyl carbamates (subject to hydrolysis) is 1. The summed E-state index contributed by atoms with van der Waals surface area (Å²) in [6.07, 6.45) is -1.21. The molecule has 0 aliphatic carbocycles. The predicted molar refractivity (Wildman–Crippen MR) is 160 cm³/mol. The minimum Gasteiger partial charge on any atom is -0.453 e. The molecule has 1 atom stereocenters. The topological polar surface area (TPSA) is 54.5 Å². The highest BCUT2D eigenvalue weighted by atomic mass is 32.1. The molecule has 3 aliphatic rings. The lowest BCUT2D eigenvalue weighted by Crippen LogP contribution is -2.97. The smallest absolute Gasteiger partial charge is 0.407 e. The molecule has 1 amide bonds. The number of hydrogen-bond acceptors (Lipinski definition) is 5. The molecule has 5 rings (SSSR count). The van der Waals surface area contributed by atoms with Gasteiger partial charge >= 0.3 is 6.09 Å². The summed E-state index contributed by atoms with van der Waals surface area (Å²) in [5.74, 6) is -0.390. The Morgan fingerprint density at radius 2 is 1.38 bits per heavy atom. The van der Waals surface area contributed by atoms with Gasteiger partial charge in [-0.15, -0.1) is 11.3 Å². The second kappa shape index (κ2) is 8.65. The molecule has 1 aromatic heterocycles. The van der Waals surface area contributed by atoms with Crippen LogP contribution in [0.5, 0.6) is 0 Å². The molecule has 2 bridgehead atoms. The van der Waals surface area contributed by atoms with Gasteiger partial charge in [0.25, 0.3) is 0 Å². The van der Waals surface area contributed by atoms with Gasteiger partial charge in [-0.25, -0.2) is 14.2 Å². The van der Waals surface area contributed by atoms with Crippen molar-refractivity contribution < 1.29 is 13.9 Å². The Labute approximate surface area is 248 Å². The number of hydrogen-bond donors (Lipinski definition) is 1. The molecule has 19 heteroatoms. The number of nitrogens with one attached hydrogen (secondary N) is 1. The average molecular weight is 507 g/mol. The summed E-state index contributed by atoms with van der Waals surface area (Å²) in [5.41, 5.74) is -2.89. The van der Waals surface area contributed by atoms with Gasteiger partial charge in [0.1, 0.15) is 18.7 Å². The Hall–Kier alpha value is -1.21. The fourth-order valence-corrected chi connectivity index (χ4v) is 6.29. The largest absolute Gasteiger partial charge is 0.453 e. The molecule has 0 saturated carbocycles. The molecule has 1 aromatic carbocycles. The third kappa shape index (κ3) is 3.69. The number of thiazole rings is 1. The van der Waals surface area contributed by atoms with Crippen LogP contribution >= 0.6 is 11.3 Å². The first kappa shape index (κ1) is 30.7. The van der Waals surface area contributed by atoms with Crippen LogP contribution in [0, 0.1) is 5.82 Å². The fourth-order valence-electron chi connectivity index (χ4n) is 5.30. The molecule has 3 aliphatic heterocycles. The lowest BCUT2D eigenvalue weighted by molar-refractivity contribution is -0.139. The standard InChI is InChI=1S/C20H12B12FN3O2S/c1-13(2,10-7-39-11(34-10)8-3-5-9(33)6-4-8)35-12(37)38-17(26)14(21)15(22,23)18(27,28)36(20(17,31)32)19(29,30)16(14,24)25/h3-7H,1-2H3,(H,35,37)/t17-/m0/s1. The molecular formula is C20H12B12FN3O2S. The van der Waals surface area contributed by atoms with Gasteiger partial charge in [0.05, 0.1) is 103 Å². The Bertz CT molecular complexity index is 1290. The van der Waals surface area contributed by atoms with Crippen LogP contribution in [-0.4, -0.2) is 132 Å². The number of rotatable bonds is 4. The molecule has 3 saturated heterocycles. The number of aromatic nitrogens is 1. The third-order valence-electron chi connectivity index (χ3n) is 7.83. The highest BCUT2D eigenvalue weighted by molar-refractivity contribution is 7.13. The summed E-state index contributed by atoms with van der Waals surface area (Å²) < 4.78 is 18.9. The van der Waals surface area contributed by atoms with Crippen LogP contribution < -0.4 is 5.32 Å². The maximum Gasteiger partial charge on any atom is 0.407 e. The minimum atomic E-state index is -2.81. The highest BCUT2D eigenvalue weighted by Crippen LogP contribution is 2.80. The van der Waals surface area contributed by atoms with Gasteiger partial charge in [0, 0.05) is 10.9 Å². The molecule has 0 spiro atoms. The predicted octanol–water partition coefficient (Wildman–Crippen LogP) is -1.69. The van der Waals surface area contributed by atoms with Crippen molar-refractivity contribution >= 4 is 112 Å². The molecule has 3 fully saturated rings. The summed E-state index contributed by atoms with van der Waals surface area (Å²) in [7, 11) is 75.7. The lowest BCUT2D eigenvalue weighted by Gasteiger charge is -2.91. The first-order valence-electron chi connectivity index (χ1n) is 11.4. The van der Waals surface area contributed by atoms with E-state index < -0.39 is 54.7 Å². The normalized spacial score (nSPS) is 31.2. The van der Waals surface area contributed by atoms with E-state index in [2.05, 4.69) is 10.3 Å². The van der Waals surface area contributed by atoms with Crippen molar-refractivity contribution in [2.75, 3.05) is 0 Å². The number of carbonyl (C=O) groups excluding carboxylic acids is 1. The van der Waals surface area contributed by atoms with Crippen LogP contribution in [0.1, 0.15) is 19.5 Å². The van der Waals surface area contributed by atoms with E-state index in [1.807, 2.05) is 0 Å². The van der Waals surface area contributed by atoms with Gasteiger partial charge in [-0.1, -0.05) is 26.4 Å². The summed E-state index contributed by atoms with van der Waals surface area (Å²) in [6, 6.07) is 5.75. The number of ether oxygens (including phenoxy) is 1. The van der Waals surface area contributed by atoms with E-state index in [0.29, 0.717) is 21.2 Å². The second-order valence-corrected chi connectivity index (χ2v) is 11.6. The van der Waals surface area contributed by atoms with E-state index in [-0.39, 0.29) is 0 Å². The molecule has 2 aromatic rings. The highest BCUT2D eigenvalue weighted by Gasteiger charge is 2.80. The van der Waals surface area contributed by atoms with Crippen LogP contribution in [-0.2, 0) is 10.3 Å². The van der Waals surface area contributed by atoms with Gasteiger partial charge in [-0.2, -0.15) is 0 Å². The molecule has 5 nitrogen and oxygen atoms in total. The van der Waals surface area contributed by atoms with Crippen molar-refractivity contribution in [3.8, 4) is 10.6 Å². The van der Waals surface area contributed by atoms with Crippen LogP contribution in [0.3, 0.4) is 0 Å². The summed E-state index contributed by atoms with van der Waals surface area (Å²) >= 11 is 1.27. The van der Waals surface area contributed by atoms with Crippen LogP contribution in [0.4, 0.5) is 9.18 Å². The fraction of sp³-hybridized carbons (Fsp3) is 0.500. The van der Waals surface area contributed by atoms with Crippen molar-refractivity contribution in [1.82, 2.24) is 15.2 Å². The number of fused-ring (bicyclic) bond motifs is 3. The van der Waals surface area contributed by atoms with Crippen LogP contribution in [0.15, 0.2) is 29.6 Å². The average Bonchev–Trinajstić information content (AvgIpc) is 3.27. The number of carbonyl (C=O) groups is 1. The van der Waals surface area contributed by atoms with Gasteiger partial charge in [0.15, 0.2) is 0 Å². The van der Waals surface area contributed by atoms with Gasteiger partial charge < -0.3 is 15.0 Å². The molecule has 39 heavy (non-hydrogen) atoms. The SMILES string of the molecule is [B]C1([B])N2C([B])([B])C([B])([B])C([B])(C1([B])[B])[C@]([B])(OC(=O)NC(C)(C)c1csc(-c3ccc(F)cc3)n1)C2([B])[B]. The quantitative estimate of drug-likeness (QED) is 0.503. The summed E-state index contributed by atoms with van der Waals surface area (Å²) in [5, 5.41) is -10.6. The number of piperidine rings is 3. The molecular weight excluding hydrogens is 495 g/mol. The Balaban J connectivity index is 1.70. The van der Waals surface area contributed by atoms with Crippen molar-refractivity contribution in [3.05, 3.63) is 41.2 Å². The number of amides is 1. The van der Waals surface area contributed by atoms with E-state index in [4.69, 9.17) is 98.9 Å². The van der Waals surface area contributed by atoms with Crippen molar-refractivity contribution in [1.29, 1.82) is 0 Å².